The molecule has 0 saturated carbocycles. The van der Waals surface area contributed by atoms with Crippen molar-refractivity contribution in [3.05, 3.63) is 46.5 Å². The molecule has 1 heterocycles. The van der Waals surface area contributed by atoms with Gasteiger partial charge in [-0.15, -0.1) is 0 Å². The highest BCUT2D eigenvalue weighted by atomic mass is 35.5. The van der Waals surface area contributed by atoms with Gasteiger partial charge in [-0.25, -0.2) is 4.39 Å². The molecule has 2 aromatic rings. The number of rotatable bonds is 4. The zero-order valence-corrected chi connectivity index (χ0v) is 11.0. The Balaban J connectivity index is 2.11. The number of aromatic nitrogens is 2. The van der Waals surface area contributed by atoms with Crippen molar-refractivity contribution in [2.24, 2.45) is 7.05 Å². The summed E-state index contributed by atoms with van der Waals surface area (Å²) in [6.45, 7) is 2.35. The summed E-state index contributed by atoms with van der Waals surface area (Å²) in [5.74, 6) is -0.0235. The molecule has 5 heteroatoms. The molecule has 18 heavy (non-hydrogen) atoms. The summed E-state index contributed by atoms with van der Waals surface area (Å²) < 4.78 is 20.3. The third-order valence-electron chi connectivity index (χ3n) is 2.66. The maximum atomic E-state index is 13.1. The Morgan fingerprint density at radius 1 is 1.39 bits per heavy atom. The minimum Gasteiger partial charge on any atom is -0.486 e. The molecule has 0 unspecified atom stereocenters. The van der Waals surface area contributed by atoms with Crippen LogP contribution < -0.4 is 4.74 Å². The van der Waals surface area contributed by atoms with Crippen molar-refractivity contribution < 1.29 is 9.13 Å². The smallest absolute Gasteiger partial charge is 0.141 e. The largest absolute Gasteiger partial charge is 0.486 e. The van der Waals surface area contributed by atoms with Gasteiger partial charge in [0.1, 0.15) is 18.2 Å². The summed E-state index contributed by atoms with van der Waals surface area (Å²) in [6.07, 6.45) is 0.870. The highest BCUT2D eigenvalue weighted by molar-refractivity contribution is 6.32. The van der Waals surface area contributed by atoms with Crippen molar-refractivity contribution in [2.45, 2.75) is 20.0 Å². The van der Waals surface area contributed by atoms with E-state index in [9.17, 15) is 4.39 Å². The molecule has 0 amide bonds. The van der Waals surface area contributed by atoms with Gasteiger partial charge in [-0.3, -0.25) is 4.68 Å². The van der Waals surface area contributed by atoms with Crippen LogP contribution in [-0.2, 0) is 20.1 Å². The maximum absolute atomic E-state index is 13.1. The van der Waals surface area contributed by atoms with Crippen molar-refractivity contribution in [3.63, 3.8) is 0 Å². The quantitative estimate of drug-likeness (QED) is 0.850. The molecular weight excluding hydrogens is 255 g/mol. The molecule has 0 bridgehead atoms. The first kappa shape index (κ1) is 12.9. The van der Waals surface area contributed by atoms with Crippen LogP contribution in [0.4, 0.5) is 4.39 Å². The summed E-state index contributed by atoms with van der Waals surface area (Å²) >= 11 is 5.92. The van der Waals surface area contributed by atoms with E-state index in [4.69, 9.17) is 16.3 Å². The lowest BCUT2D eigenvalue weighted by Gasteiger charge is -2.08. The third kappa shape index (κ3) is 2.82. The zero-order chi connectivity index (χ0) is 13.1. The number of hydrogen-bond donors (Lipinski definition) is 0. The minimum absolute atomic E-state index is 0.312. The fraction of sp³-hybridized carbons (Fsp3) is 0.308. The van der Waals surface area contributed by atoms with Crippen molar-refractivity contribution >= 4 is 11.6 Å². The molecule has 0 N–H and O–H groups in total. The maximum Gasteiger partial charge on any atom is 0.141 e. The van der Waals surface area contributed by atoms with Crippen LogP contribution in [0.5, 0.6) is 5.75 Å². The predicted octanol–water partition coefficient (Wildman–Crippen LogP) is 3.35. The Hall–Kier alpha value is -1.55. The van der Waals surface area contributed by atoms with Crippen LogP contribution in [-0.4, -0.2) is 9.78 Å². The van der Waals surface area contributed by atoms with Crippen LogP contribution in [0.2, 0.25) is 5.02 Å². The fourth-order valence-electron chi connectivity index (χ4n) is 1.62. The molecule has 96 valence electrons. The van der Waals surface area contributed by atoms with E-state index in [0.29, 0.717) is 17.4 Å². The Bertz CT molecular complexity index is 554. The van der Waals surface area contributed by atoms with Gasteiger partial charge in [-0.1, -0.05) is 18.5 Å². The molecule has 2 rings (SSSR count). The van der Waals surface area contributed by atoms with Crippen LogP contribution in [0.15, 0.2) is 24.3 Å². The van der Waals surface area contributed by atoms with E-state index in [1.165, 1.54) is 18.2 Å². The number of ether oxygens (including phenoxy) is 1. The molecule has 0 spiro atoms. The van der Waals surface area contributed by atoms with Crippen molar-refractivity contribution in [3.8, 4) is 5.75 Å². The first-order valence-corrected chi connectivity index (χ1v) is 6.07. The Kier molecular flexibility index (Phi) is 3.87. The summed E-state index contributed by atoms with van der Waals surface area (Å²) in [5.41, 5.74) is 1.92. The van der Waals surface area contributed by atoms with E-state index in [-0.39, 0.29) is 5.82 Å². The lowest BCUT2D eigenvalue weighted by molar-refractivity contribution is 0.293. The Labute approximate surface area is 110 Å². The second-order valence-corrected chi connectivity index (χ2v) is 4.37. The molecule has 3 nitrogen and oxygen atoms in total. The number of aryl methyl sites for hydroxylation is 2. The normalized spacial score (nSPS) is 10.7. The van der Waals surface area contributed by atoms with Gasteiger partial charge in [-0.05, 0) is 24.6 Å². The summed E-state index contributed by atoms with van der Waals surface area (Å²) in [5, 5.41) is 4.71. The van der Waals surface area contributed by atoms with Gasteiger partial charge < -0.3 is 4.74 Å². The molecule has 0 fully saturated rings. The van der Waals surface area contributed by atoms with Gasteiger partial charge in [0.2, 0.25) is 0 Å². The van der Waals surface area contributed by atoms with Crippen molar-refractivity contribution in [2.75, 3.05) is 0 Å². The van der Waals surface area contributed by atoms with Crippen LogP contribution >= 0.6 is 11.6 Å². The second kappa shape index (κ2) is 5.40. The van der Waals surface area contributed by atoms with Crippen LogP contribution in [0.1, 0.15) is 18.3 Å². The van der Waals surface area contributed by atoms with Gasteiger partial charge in [0, 0.05) is 13.1 Å². The molecule has 0 saturated heterocycles. The molecule has 0 aliphatic rings. The summed E-state index contributed by atoms with van der Waals surface area (Å²) in [4.78, 5) is 0. The van der Waals surface area contributed by atoms with E-state index in [2.05, 4.69) is 5.10 Å². The first-order chi connectivity index (χ1) is 8.60. The number of halogens is 2. The monoisotopic (exact) mass is 268 g/mol. The standard InChI is InChI=1S/C13H14ClFN2O/c1-3-10-7-11(17(2)16-10)8-18-13-6-9(15)4-5-12(13)14/h4-7H,3,8H2,1-2H3. The average molecular weight is 269 g/mol. The third-order valence-corrected chi connectivity index (χ3v) is 2.97. The van der Waals surface area contributed by atoms with Crippen molar-refractivity contribution in [1.29, 1.82) is 0 Å². The zero-order valence-electron chi connectivity index (χ0n) is 10.3. The SMILES string of the molecule is CCc1cc(COc2cc(F)ccc2Cl)n(C)n1. The molecule has 1 aromatic heterocycles. The second-order valence-electron chi connectivity index (χ2n) is 3.97. The summed E-state index contributed by atoms with van der Waals surface area (Å²) in [7, 11) is 1.85. The summed E-state index contributed by atoms with van der Waals surface area (Å²) in [6, 6.07) is 6.02. The van der Waals surface area contributed by atoms with E-state index in [1.807, 2.05) is 20.0 Å². The lowest BCUT2D eigenvalue weighted by Crippen LogP contribution is -2.03. The molecule has 0 atom stereocenters. The number of benzene rings is 1. The molecule has 1 aromatic carbocycles. The molecule has 0 radical (unpaired) electrons. The Morgan fingerprint density at radius 3 is 2.83 bits per heavy atom. The molecular formula is C13H14ClFN2O. The van der Waals surface area contributed by atoms with Crippen LogP contribution in [0, 0.1) is 5.82 Å². The highest BCUT2D eigenvalue weighted by Gasteiger charge is 2.07. The molecule has 0 aliphatic heterocycles. The lowest BCUT2D eigenvalue weighted by atomic mass is 10.3. The van der Waals surface area contributed by atoms with Gasteiger partial charge in [0.05, 0.1) is 16.4 Å². The van der Waals surface area contributed by atoms with Crippen LogP contribution in [0.25, 0.3) is 0 Å². The first-order valence-electron chi connectivity index (χ1n) is 5.69. The minimum atomic E-state index is -0.367. The Morgan fingerprint density at radius 2 is 2.17 bits per heavy atom. The fourth-order valence-corrected chi connectivity index (χ4v) is 1.79. The topological polar surface area (TPSA) is 27.1 Å². The number of nitrogens with zero attached hydrogens (tertiary/aromatic N) is 2. The predicted molar refractivity (Wildman–Crippen MR) is 68.3 cm³/mol. The van der Waals surface area contributed by atoms with E-state index < -0.39 is 0 Å². The molecule has 0 aliphatic carbocycles. The van der Waals surface area contributed by atoms with Gasteiger partial charge in [-0.2, -0.15) is 5.10 Å². The highest BCUT2D eigenvalue weighted by Crippen LogP contribution is 2.25. The average Bonchev–Trinajstić information content (AvgIpc) is 2.71. The van der Waals surface area contributed by atoms with Crippen LogP contribution in [0.3, 0.4) is 0 Å². The van der Waals surface area contributed by atoms with Gasteiger partial charge >= 0.3 is 0 Å². The van der Waals surface area contributed by atoms with Crippen molar-refractivity contribution in [1.82, 2.24) is 9.78 Å². The number of hydrogen-bond acceptors (Lipinski definition) is 2. The van der Waals surface area contributed by atoms with Gasteiger partial charge in [0.15, 0.2) is 0 Å². The van der Waals surface area contributed by atoms with E-state index in [0.717, 1.165) is 17.8 Å². The van der Waals surface area contributed by atoms with E-state index >= 15 is 0 Å². The van der Waals surface area contributed by atoms with E-state index in [1.54, 1.807) is 4.68 Å². The van der Waals surface area contributed by atoms with Gasteiger partial charge in [0.25, 0.3) is 0 Å².